The Morgan fingerprint density at radius 1 is 0.755 bits per heavy atom. The highest BCUT2D eigenvalue weighted by Gasteiger charge is 2.52. The summed E-state index contributed by atoms with van der Waals surface area (Å²) in [5, 5.41) is 5.38. The molecular formula is C42H69NO5Si. The lowest BCUT2D eigenvalue weighted by molar-refractivity contribution is -0.149. The number of amides is 1. The van der Waals surface area contributed by atoms with E-state index in [0.29, 0.717) is 0 Å². The zero-order chi connectivity index (χ0) is 36.0. The molecule has 0 bridgehead atoms. The number of ether oxygens (including phenoxy) is 3. The van der Waals surface area contributed by atoms with Crippen LogP contribution in [0.25, 0.3) is 0 Å². The monoisotopic (exact) mass is 695 g/mol. The fourth-order valence-electron chi connectivity index (χ4n) is 7.27. The standard InChI is InChI=1S/C42H69NO5Si/c1-10-11-12-13-14-15-16-17-18-19-20-27-32-37-38(47-42(8,9)46-37)36(43-39(44)48-40(2,3)4)33-45-49(41(5,6)7,34-28-23-21-24-29-34)35-30-25-22-26-31-35/h21-26,28-31,36-38H,10-20,27,32-33H2,1-9H3,(H,43,44)/t36-,37+,38-/m0/s1. The predicted octanol–water partition coefficient (Wildman–Crippen LogP) is 10.1. The van der Waals surface area contributed by atoms with Crippen LogP contribution >= 0.6 is 0 Å². The molecule has 0 aliphatic carbocycles. The van der Waals surface area contributed by atoms with Crippen LogP contribution in [0.5, 0.6) is 0 Å². The van der Waals surface area contributed by atoms with E-state index in [1.807, 2.05) is 34.6 Å². The lowest BCUT2D eigenvalue weighted by Gasteiger charge is -2.44. The lowest BCUT2D eigenvalue weighted by Crippen LogP contribution is -2.68. The van der Waals surface area contributed by atoms with E-state index in [-0.39, 0.29) is 23.9 Å². The first-order valence-corrected chi connectivity index (χ1v) is 21.2. The Morgan fingerprint density at radius 3 is 1.67 bits per heavy atom. The van der Waals surface area contributed by atoms with E-state index in [1.54, 1.807) is 0 Å². The van der Waals surface area contributed by atoms with Crippen molar-refractivity contribution < 1.29 is 23.4 Å². The van der Waals surface area contributed by atoms with Gasteiger partial charge in [-0.1, -0.05) is 165 Å². The Balaban J connectivity index is 1.76. The normalized spacial score (nSPS) is 18.7. The Bertz CT molecular complexity index is 1170. The summed E-state index contributed by atoms with van der Waals surface area (Å²) in [7, 11) is -2.87. The molecule has 1 amide bonds. The summed E-state index contributed by atoms with van der Waals surface area (Å²) in [6.07, 6.45) is 15.5. The van der Waals surface area contributed by atoms with E-state index in [0.717, 1.165) is 12.8 Å². The Kier molecular flexibility index (Phi) is 16.3. The molecule has 1 heterocycles. The minimum Gasteiger partial charge on any atom is -0.444 e. The van der Waals surface area contributed by atoms with Gasteiger partial charge in [0.15, 0.2) is 5.79 Å². The van der Waals surface area contributed by atoms with Gasteiger partial charge in [-0.2, -0.15) is 0 Å². The molecule has 6 nitrogen and oxygen atoms in total. The predicted molar refractivity (Wildman–Crippen MR) is 206 cm³/mol. The summed E-state index contributed by atoms with van der Waals surface area (Å²) >= 11 is 0. The van der Waals surface area contributed by atoms with E-state index in [1.165, 1.54) is 81.0 Å². The summed E-state index contributed by atoms with van der Waals surface area (Å²) in [6, 6.07) is 20.7. The number of hydrogen-bond donors (Lipinski definition) is 1. The molecule has 0 unspecified atom stereocenters. The second-order valence-corrected chi connectivity index (χ2v) is 20.8. The van der Waals surface area contributed by atoms with Crippen molar-refractivity contribution in [2.24, 2.45) is 0 Å². The van der Waals surface area contributed by atoms with Crippen molar-refractivity contribution >= 4 is 24.8 Å². The molecule has 1 fully saturated rings. The van der Waals surface area contributed by atoms with Gasteiger partial charge < -0.3 is 24.0 Å². The molecule has 49 heavy (non-hydrogen) atoms. The van der Waals surface area contributed by atoms with Gasteiger partial charge in [0.05, 0.1) is 18.8 Å². The van der Waals surface area contributed by atoms with Crippen molar-refractivity contribution in [1.82, 2.24) is 5.32 Å². The average molecular weight is 696 g/mol. The van der Waals surface area contributed by atoms with Gasteiger partial charge in [0.2, 0.25) is 0 Å². The van der Waals surface area contributed by atoms with Gasteiger partial charge in [-0.05, 0) is 56.5 Å². The van der Waals surface area contributed by atoms with E-state index in [4.69, 9.17) is 18.6 Å². The maximum absolute atomic E-state index is 13.4. The summed E-state index contributed by atoms with van der Waals surface area (Å²) < 4.78 is 26.3. The maximum Gasteiger partial charge on any atom is 0.408 e. The Labute approximate surface area is 300 Å². The molecule has 3 atom stereocenters. The Morgan fingerprint density at radius 2 is 1.22 bits per heavy atom. The van der Waals surface area contributed by atoms with Crippen LogP contribution in [0.1, 0.15) is 146 Å². The van der Waals surface area contributed by atoms with E-state index < -0.39 is 31.8 Å². The van der Waals surface area contributed by atoms with Crippen LogP contribution in [-0.4, -0.2) is 50.7 Å². The van der Waals surface area contributed by atoms with Crippen LogP contribution in [0, 0.1) is 0 Å². The molecule has 3 rings (SSSR count). The summed E-state index contributed by atoms with van der Waals surface area (Å²) in [4.78, 5) is 13.4. The van der Waals surface area contributed by atoms with Gasteiger partial charge in [0.1, 0.15) is 11.7 Å². The third kappa shape index (κ3) is 13.1. The quantitative estimate of drug-likeness (QED) is 0.110. The van der Waals surface area contributed by atoms with Crippen molar-refractivity contribution in [3.05, 3.63) is 60.7 Å². The molecule has 1 N–H and O–H groups in total. The fourth-order valence-corrected chi connectivity index (χ4v) is 11.9. The maximum atomic E-state index is 13.4. The summed E-state index contributed by atoms with van der Waals surface area (Å²) in [5.74, 6) is -0.766. The first-order chi connectivity index (χ1) is 23.2. The number of benzene rings is 2. The number of nitrogens with one attached hydrogen (secondary N) is 1. The first kappa shape index (κ1) is 41.2. The van der Waals surface area contributed by atoms with Crippen LogP contribution in [-0.2, 0) is 18.6 Å². The van der Waals surface area contributed by atoms with Crippen molar-refractivity contribution in [2.75, 3.05) is 6.61 Å². The first-order valence-electron chi connectivity index (χ1n) is 19.3. The molecule has 1 saturated heterocycles. The molecule has 2 aromatic rings. The van der Waals surface area contributed by atoms with Gasteiger partial charge in [-0.25, -0.2) is 4.79 Å². The molecule has 1 aliphatic heterocycles. The zero-order valence-electron chi connectivity index (χ0n) is 32.4. The molecular weight excluding hydrogens is 627 g/mol. The minimum absolute atomic E-state index is 0.166. The number of carbonyl (C=O) groups excluding carboxylic acids is 1. The van der Waals surface area contributed by atoms with Crippen LogP contribution < -0.4 is 15.7 Å². The number of carbonyl (C=O) groups is 1. The zero-order valence-corrected chi connectivity index (χ0v) is 33.4. The highest BCUT2D eigenvalue weighted by Crippen LogP contribution is 2.38. The van der Waals surface area contributed by atoms with Gasteiger partial charge in [-0.3, -0.25) is 0 Å². The van der Waals surface area contributed by atoms with Gasteiger partial charge in [-0.15, -0.1) is 0 Å². The van der Waals surface area contributed by atoms with Gasteiger partial charge in [0.25, 0.3) is 8.32 Å². The fraction of sp³-hybridized carbons (Fsp3) is 0.690. The lowest BCUT2D eigenvalue weighted by atomic mass is 9.99. The molecule has 7 heteroatoms. The highest BCUT2D eigenvalue weighted by molar-refractivity contribution is 6.99. The molecule has 0 spiro atoms. The molecule has 1 aliphatic rings. The number of rotatable bonds is 20. The van der Waals surface area contributed by atoms with Crippen LogP contribution in [0.2, 0.25) is 5.04 Å². The Hall–Kier alpha value is -2.19. The smallest absolute Gasteiger partial charge is 0.408 e. The summed E-state index contributed by atoms with van der Waals surface area (Å²) in [6.45, 7) is 18.9. The number of unbranched alkanes of at least 4 members (excludes halogenated alkanes) is 11. The number of hydrogen-bond acceptors (Lipinski definition) is 5. The van der Waals surface area contributed by atoms with Gasteiger partial charge >= 0.3 is 6.09 Å². The third-order valence-electron chi connectivity index (χ3n) is 9.56. The average Bonchev–Trinajstić information content (AvgIpc) is 3.34. The molecule has 0 aromatic heterocycles. The molecule has 0 saturated carbocycles. The van der Waals surface area contributed by atoms with Crippen molar-refractivity contribution in [1.29, 1.82) is 0 Å². The van der Waals surface area contributed by atoms with Crippen molar-refractivity contribution in [3.63, 3.8) is 0 Å². The number of alkyl carbamates (subject to hydrolysis) is 1. The van der Waals surface area contributed by atoms with E-state index in [2.05, 4.69) is 93.7 Å². The second kappa shape index (κ2) is 19.4. The second-order valence-electron chi connectivity index (χ2n) is 16.5. The largest absolute Gasteiger partial charge is 0.444 e. The third-order valence-corrected chi connectivity index (χ3v) is 14.6. The van der Waals surface area contributed by atoms with Crippen molar-refractivity contribution in [2.45, 2.75) is 180 Å². The van der Waals surface area contributed by atoms with E-state index >= 15 is 0 Å². The molecule has 0 radical (unpaired) electrons. The minimum atomic E-state index is -2.87. The topological polar surface area (TPSA) is 66.0 Å². The summed E-state index contributed by atoms with van der Waals surface area (Å²) in [5.41, 5.74) is -0.631. The van der Waals surface area contributed by atoms with Crippen LogP contribution in [0.4, 0.5) is 4.79 Å². The van der Waals surface area contributed by atoms with E-state index in [9.17, 15) is 4.79 Å². The van der Waals surface area contributed by atoms with Crippen LogP contribution in [0.15, 0.2) is 60.7 Å². The van der Waals surface area contributed by atoms with Gasteiger partial charge in [0, 0.05) is 0 Å². The SMILES string of the molecule is CCCCCCCCCCCCCC[C@H]1OC(C)(C)O[C@H]1[C@H](CO[Si](c1ccccc1)(c1ccccc1)C(C)(C)C)NC(=O)OC(C)(C)C. The van der Waals surface area contributed by atoms with Crippen molar-refractivity contribution in [3.8, 4) is 0 Å². The molecule has 276 valence electrons. The highest BCUT2D eigenvalue weighted by atomic mass is 28.4. The molecule has 2 aromatic carbocycles. The van der Waals surface area contributed by atoms with Crippen LogP contribution in [0.3, 0.4) is 0 Å².